The molecule has 2 fully saturated rings. The molecule has 1 heterocycles. The minimum Gasteiger partial charge on any atom is -0.466 e. The molecule has 0 aromatic heterocycles. The molecule has 0 N–H and O–H groups in total. The van der Waals surface area contributed by atoms with Gasteiger partial charge >= 0.3 is 11.9 Å². The van der Waals surface area contributed by atoms with Gasteiger partial charge < -0.3 is 9.47 Å². The molecule has 0 radical (unpaired) electrons. The molecule has 2 saturated carbocycles. The van der Waals surface area contributed by atoms with Gasteiger partial charge in [-0.05, 0) is 39.4 Å². The van der Waals surface area contributed by atoms with Crippen LogP contribution in [0.5, 0.6) is 0 Å². The van der Waals surface area contributed by atoms with Crippen LogP contribution in [0, 0.1) is 0 Å². The standard InChI is InChI=1S/C32H42O4Si/c1-4-13-27-26-21-20-22-14-11-12-19-25(22)28(26)29(31(33)35-2)30(32(34)36-3)37(27,23-15-7-5-8-16-23)24-17-9-6-10-18-24/h11-12,14,19-21,23-24,27H,4-10,13,15-18H2,1-3H3. The number of hydrogen-bond donors (Lipinski definition) is 0. The van der Waals surface area contributed by atoms with E-state index in [1.54, 1.807) is 0 Å². The molecule has 3 aliphatic rings. The van der Waals surface area contributed by atoms with Crippen LogP contribution in [0.3, 0.4) is 0 Å². The van der Waals surface area contributed by atoms with Crippen LogP contribution in [0.25, 0.3) is 16.3 Å². The van der Waals surface area contributed by atoms with Crippen LogP contribution in [0.15, 0.2) is 41.6 Å². The average molecular weight is 519 g/mol. The Morgan fingerprint density at radius 1 is 0.811 bits per heavy atom. The Kier molecular flexibility index (Phi) is 7.90. The number of rotatable bonds is 6. The normalized spacial score (nSPS) is 22.5. The van der Waals surface area contributed by atoms with Gasteiger partial charge in [-0.3, -0.25) is 0 Å². The predicted octanol–water partition coefficient (Wildman–Crippen LogP) is 8.03. The number of hydrogen-bond acceptors (Lipinski definition) is 4. The molecular formula is C32H42O4Si. The number of carbonyl (C=O) groups is 2. The quantitative estimate of drug-likeness (QED) is 0.287. The van der Waals surface area contributed by atoms with Crippen molar-refractivity contribution in [2.75, 3.05) is 14.2 Å². The van der Waals surface area contributed by atoms with Crippen LogP contribution >= 0.6 is 0 Å². The molecule has 2 aromatic rings. The van der Waals surface area contributed by atoms with E-state index in [-0.39, 0.29) is 11.9 Å². The van der Waals surface area contributed by atoms with Crippen molar-refractivity contribution in [2.45, 2.75) is 101 Å². The summed E-state index contributed by atoms with van der Waals surface area (Å²) in [5.41, 5.74) is 4.04. The highest BCUT2D eigenvalue weighted by Gasteiger charge is 2.61. The lowest BCUT2D eigenvalue weighted by atomic mass is 9.89. The Balaban J connectivity index is 1.94. The van der Waals surface area contributed by atoms with E-state index in [0.29, 0.717) is 22.2 Å². The van der Waals surface area contributed by atoms with Gasteiger partial charge in [-0.25, -0.2) is 9.59 Å². The van der Waals surface area contributed by atoms with Crippen LogP contribution in [-0.2, 0) is 19.1 Å². The molecule has 198 valence electrons. The Bertz CT molecular complexity index is 1170. The SMILES string of the molecule is CCCC1c2ccc3ccccc3c2C(C(=O)OC)=C(C(=O)OC)[Si]1(C1CCCCC1)C1CCCCC1. The van der Waals surface area contributed by atoms with Crippen molar-refractivity contribution in [3.8, 4) is 0 Å². The Labute approximate surface area is 222 Å². The maximum absolute atomic E-state index is 14.1. The summed E-state index contributed by atoms with van der Waals surface area (Å²) in [6, 6.07) is 12.8. The minimum absolute atomic E-state index is 0.275. The van der Waals surface area contributed by atoms with Crippen molar-refractivity contribution in [2.24, 2.45) is 0 Å². The van der Waals surface area contributed by atoms with E-state index in [4.69, 9.17) is 9.47 Å². The molecule has 37 heavy (non-hydrogen) atoms. The first kappa shape index (κ1) is 26.2. The number of carbonyl (C=O) groups excluding carboxylic acids is 2. The van der Waals surface area contributed by atoms with E-state index >= 15 is 0 Å². The molecule has 2 aromatic carbocycles. The maximum atomic E-state index is 14.1. The lowest BCUT2D eigenvalue weighted by molar-refractivity contribution is -0.137. The van der Waals surface area contributed by atoms with Crippen LogP contribution < -0.4 is 0 Å². The van der Waals surface area contributed by atoms with Crippen molar-refractivity contribution in [1.29, 1.82) is 0 Å². The lowest BCUT2D eigenvalue weighted by Crippen LogP contribution is -2.58. The Morgan fingerprint density at radius 3 is 1.97 bits per heavy atom. The zero-order valence-electron chi connectivity index (χ0n) is 22.8. The molecule has 5 rings (SSSR count). The fraction of sp³-hybridized carbons (Fsp3) is 0.562. The van der Waals surface area contributed by atoms with Crippen molar-refractivity contribution in [3.63, 3.8) is 0 Å². The van der Waals surface area contributed by atoms with Crippen LogP contribution in [-0.4, -0.2) is 34.2 Å². The second-order valence-electron chi connectivity index (χ2n) is 11.4. The minimum atomic E-state index is -2.62. The molecule has 0 spiro atoms. The van der Waals surface area contributed by atoms with Gasteiger partial charge in [0.1, 0.15) is 8.07 Å². The van der Waals surface area contributed by atoms with Crippen LogP contribution in [0.4, 0.5) is 0 Å². The number of esters is 2. The summed E-state index contributed by atoms with van der Waals surface area (Å²) in [6.07, 6.45) is 14.2. The number of methoxy groups -OCH3 is 2. The van der Waals surface area contributed by atoms with E-state index < -0.39 is 8.07 Å². The zero-order valence-corrected chi connectivity index (χ0v) is 23.8. The Morgan fingerprint density at radius 2 is 1.41 bits per heavy atom. The summed E-state index contributed by atoms with van der Waals surface area (Å²) in [7, 11) is 0.333. The topological polar surface area (TPSA) is 52.6 Å². The fourth-order valence-electron chi connectivity index (χ4n) is 8.47. The first-order valence-electron chi connectivity index (χ1n) is 14.5. The van der Waals surface area contributed by atoms with Gasteiger partial charge in [0.15, 0.2) is 0 Å². The monoisotopic (exact) mass is 518 g/mol. The molecule has 0 saturated heterocycles. The molecule has 2 aliphatic carbocycles. The molecule has 1 atom stereocenters. The average Bonchev–Trinajstić information content (AvgIpc) is 2.96. The van der Waals surface area contributed by atoms with Crippen molar-refractivity contribution in [1.82, 2.24) is 0 Å². The van der Waals surface area contributed by atoms with Gasteiger partial charge in [0.25, 0.3) is 0 Å². The highest BCUT2D eigenvalue weighted by Crippen LogP contribution is 2.62. The summed E-state index contributed by atoms with van der Waals surface area (Å²) in [5.74, 6) is -0.653. The Hall–Kier alpha value is -2.40. The third-order valence-corrected chi connectivity index (χ3v) is 16.7. The van der Waals surface area contributed by atoms with Crippen molar-refractivity contribution < 1.29 is 19.1 Å². The van der Waals surface area contributed by atoms with Gasteiger partial charge in [-0.15, -0.1) is 0 Å². The molecule has 4 nitrogen and oxygen atoms in total. The van der Waals surface area contributed by atoms with E-state index in [1.165, 1.54) is 84.0 Å². The van der Waals surface area contributed by atoms with Crippen LogP contribution in [0.2, 0.25) is 11.1 Å². The summed E-state index contributed by atoms with van der Waals surface area (Å²) >= 11 is 0. The molecule has 5 heteroatoms. The second-order valence-corrected chi connectivity index (χ2v) is 16.1. The maximum Gasteiger partial charge on any atom is 0.338 e. The highest BCUT2D eigenvalue weighted by molar-refractivity contribution is 6.95. The second kappa shape index (κ2) is 11.1. The summed E-state index contributed by atoms with van der Waals surface area (Å²) in [4.78, 5) is 28.0. The van der Waals surface area contributed by atoms with E-state index in [1.807, 2.05) is 12.1 Å². The van der Waals surface area contributed by atoms with Crippen LogP contribution in [0.1, 0.15) is 101 Å². The highest BCUT2D eigenvalue weighted by atomic mass is 28.3. The lowest BCUT2D eigenvalue weighted by Gasteiger charge is -2.55. The predicted molar refractivity (Wildman–Crippen MR) is 152 cm³/mol. The van der Waals surface area contributed by atoms with E-state index in [9.17, 15) is 9.59 Å². The van der Waals surface area contributed by atoms with Gasteiger partial charge in [0, 0.05) is 10.8 Å². The van der Waals surface area contributed by atoms with E-state index in [2.05, 4.69) is 31.2 Å². The number of benzene rings is 2. The van der Waals surface area contributed by atoms with Gasteiger partial charge in [-0.2, -0.15) is 0 Å². The van der Waals surface area contributed by atoms with E-state index in [0.717, 1.165) is 34.4 Å². The van der Waals surface area contributed by atoms with Gasteiger partial charge in [0.2, 0.25) is 0 Å². The zero-order chi connectivity index (χ0) is 26.0. The summed E-state index contributed by atoms with van der Waals surface area (Å²) in [6.45, 7) is 2.28. The molecule has 0 bridgehead atoms. The van der Waals surface area contributed by atoms with Gasteiger partial charge in [0.05, 0.1) is 19.8 Å². The first-order chi connectivity index (χ1) is 18.1. The molecular weight excluding hydrogens is 476 g/mol. The fourth-order valence-corrected chi connectivity index (χ4v) is 16.8. The van der Waals surface area contributed by atoms with Crippen molar-refractivity contribution in [3.05, 3.63) is 52.7 Å². The summed E-state index contributed by atoms with van der Waals surface area (Å²) in [5, 5.41) is 2.90. The third-order valence-electron chi connectivity index (χ3n) is 9.76. The summed E-state index contributed by atoms with van der Waals surface area (Å²) < 4.78 is 11.1. The molecule has 1 aliphatic heterocycles. The largest absolute Gasteiger partial charge is 0.466 e. The van der Waals surface area contributed by atoms with Gasteiger partial charge in [-0.1, -0.05) is 114 Å². The third kappa shape index (κ3) is 4.27. The smallest absolute Gasteiger partial charge is 0.338 e. The van der Waals surface area contributed by atoms with Crippen molar-refractivity contribution >= 4 is 36.4 Å². The first-order valence-corrected chi connectivity index (χ1v) is 16.8. The molecule has 0 amide bonds. The molecule has 1 unspecified atom stereocenters. The number of ether oxygens (including phenoxy) is 2. The number of fused-ring (bicyclic) bond motifs is 3.